The van der Waals surface area contributed by atoms with Crippen molar-refractivity contribution in [2.24, 2.45) is 0 Å². The van der Waals surface area contributed by atoms with Crippen molar-refractivity contribution in [1.29, 1.82) is 0 Å². The Morgan fingerprint density at radius 3 is 1.65 bits per heavy atom. The van der Waals surface area contributed by atoms with E-state index >= 15 is 0 Å². The number of fused-ring (bicyclic) bond motifs is 5. The summed E-state index contributed by atoms with van der Waals surface area (Å²) in [6.45, 7) is 0. The van der Waals surface area contributed by atoms with Crippen LogP contribution in [0.4, 0.5) is 0 Å². The van der Waals surface area contributed by atoms with Crippen LogP contribution in [0.2, 0.25) is 0 Å². The number of pyridine rings is 1. The van der Waals surface area contributed by atoms with E-state index in [0.29, 0.717) is 0 Å². The summed E-state index contributed by atoms with van der Waals surface area (Å²) < 4.78 is 4.69. The molecule has 0 saturated carbocycles. The van der Waals surface area contributed by atoms with Crippen LogP contribution < -0.4 is 0 Å². The van der Waals surface area contributed by atoms with Crippen molar-refractivity contribution >= 4 is 32.7 Å². The van der Waals surface area contributed by atoms with Gasteiger partial charge in [-0.3, -0.25) is 0 Å². The molecule has 6 aromatic carbocycles. The Kier molecular flexibility index (Phi) is 6.14. The van der Waals surface area contributed by atoms with Crippen LogP contribution in [0.3, 0.4) is 0 Å². The number of hydrogen-bond acceptors (Lipinski definition) is 1. The van der Waals surface area contributed by atoms with Crippen molar-refractivity contribution in [3.8, 4) is 45.0 Å². The predicted molar refractivity (Wildman–Crippen MR) is 192 cm³/mol. The minimum Gasteiger partial charge on any atom is -0.316 e. The van der Waals surface area contributed by atoms with Crippen molar-refractivity contribution in [3.63, 3.8) is 0 Å². The first-order chi connectivity index (χ1) is 22.8. The second-order valence-electron chi connectivity index (χ2n) is 11.7. The molecule has 0 spiro atoms. The number of rotatable bonds is 5. The van der Waals surface area contributed by atoms with Gasteiger partial charge >= 0.3 is 0 Å². The van der Waals surface area contributed by atoms with Gasteiger partial charge in [-0.1, -0.05) is 109 Å². The quantitative estimate of drug-likeness (QED) is 0.196. The molecule has 216 valence electrons. The van der Waals surface area contributed by atoms with Gasteiger partial charge in [-0.15, -0.1) is 0 Å². The van der Waals surface area contributed by atoms with Gasteiger partial charge < -0.3 is 9.13 Å². The van der Waals surface area contributed by atoms with Gasteiger partial charge in [0.05, 0.1) is 27.9 Å². The van der Waals surface area contributed by atoms with Gasteiger partial charge in [-0.05, 0) is 71.8 Å². The van der Waals surface area contributed by atoms with E-state index in [4.69, 9.17) is 4.98 Å². The lowest BCUT2D eigenvalue weighted by Gasteiger charge is -2.11. The smallest absolute Gasteiger partial charge is 0.0715 e. The highest BCUT2D eigenvalue weighted by atomic mass is 15.0. The van der Waals surface area contributed by atoms with Crippen molar-refractivity contribution in [2.45, 2.75) is 0 Å². The molecule has 0 radical (unpaired) electrons. The molecule has 3 nitrogen and oxygen atoms in total. The SMILES string of the molecule is c1ccc(-c2cc(-c3ccccc3)nc(-c3ccc4c(c3)c3ccc5c(ccn5-c5ccccc5)c3n4-c3ccccc3)c2)cc1. The van der Waals surface area contributed by atoms with Gasteiger partial charge in [-0.25, -0.2) is 4.98 Å². The maximum atomic E-state index is 5.23. The Bertz CT molecular complexity index is 2430. The van der Waals surface area contributed by atoms with Crippen LogP contribution in [0.25, 0.3) is 77.7 Å². The highest BCUT2D eigenvalue weighted by Gasteiger charge is 2.18. The largest absolute Gasteiger partial charge is 0.316 e. The summed E-state index contributed by atoms with van der Waals surface area (Å²) in [5, 5.41) is 3.65. The lowest BCUT2D eigenvalue weighted by atomic mass is 9.99. The normalized spacial score (nSPS) is 11.5. The Labute approximate surface area is 267 Å². The van der Waals surface area contributed by atoms with Crippen molar-refractivity contribution in [2.75, 3.05) is 0 Å². The van der Waals surface area contributed by atoms with Gasteiger partial charge in [0.15, 0.2) is 0 Å². The molecular weight excluding hydrogens is 558 g/mol. The van der Waals surface area contributed by atoms with Crippen molar-refractivity contribution in [1.82, 2.24) is 14.1 Å². The molecule has 0 aliphatic carbocycles. The standard InChI is InChI=1S/C43H29N3/c1-5-13-30(14-6-1)33-28-39(31-15-7-2-8-16-31)44-40(29-33)32-21-23-42-38(27-32)36-22-24-41-37(25-26-45(41)34-17-9-3-10-18-34)43(36)46(42)35-19-11-4-12-20-35/h1-29H. The lowest BCUT2D eigenvalue weighted by molar-refractivity contribution is 1.13. The maximum Gasteiger partial charge on any atom is 0.0715 e. The maximum absolute atomic E-state index is 5.23. The molecule has 0 atom stereocenters. The average Bonchev–Trinajstić information content (AvgIpc) is 3.72. The zero-order chi connectivity index (χ0) is 30.5. The van der Waals surface area contributed by atoms with E-state index in [0.717, 1.165) is 39.5 Å². The Balaban J connectivity index is 1.30. The van der Waals surface area contributed by atoms with E-state index in [1.807, 2.05) is 6.07 Å². The highest BCUT2D eigenvalue weighted by molar-refractivity contribution is 6.19. The topological polar surface area (TPSA) is 22.8 Å². The van der Waals surface area contributed by atoms with Crippen LogP contribution in [0.1, 0.15) is 0 Å². The zero-order valence-electron chi connectivity index (χ0n) is 25.1. The minimum atomic E-state index is 0.957. The van der Waals surface area contributed by atoms with Crippen molar-refractivity contribution in [3.05, 3.63) is 176 Å². The number of aromatic nitrogens is 3. The van der Waals surface area contributed by atoms with Gasteiger partial charge in [0, 0.05) is 44.9 Å². The molecule has 9 rings (SSSR count). The molecule has 3 aromatic heterocycles. The fraction of sp³-hybridized carbons (Fsp3) is 0. The molecule has 0 N–H and O–H groups in total. The molecule has 0 aliphatic heterocycles. The van der Waals surface area contributed by atoms with Crippen LogP contribution >= 0.6 is 0 Å². The molecule has 0 aliphatic rings. The van der Waals surface area contributed by atoms with Crippen molar-refractivity contribution < 1.29 is 0 Å². The van der Waals surface area contributed by atoms with E-state index in [9.17, 15) is 0 Å². The fourth-order valence-corrected chi connectivity index (χ4v) is 6.78. The van der Waals surface area contributed by atoms with E-state index in [-0.39, 0.29) is 0 Å². The molecule has 9 aromatic rings. The predicted octanol–water partition coefficient (Wildman–Crippen LogP) is 11.1. The minimum absolute atomic E-state index is 0.957. The zero-order valence-corrected chi connectivity index (χ0v) is 25.1. The Morgan fingerprint density at radius 2 is 0.957 bits per heavy atom. The summed E-state index contributed by atoms with van der Waals surface area (Å²) in [7, 11) is 0. The van der Waals surface area contributed by atoms with Gasteiger partial charge in [-0.2, -0.15) is 0 Å². The summed E-state index contributed by atoms with van der Waals surface area (Å²) in [5.41, 5.74) is 12.3. The Morgan fingerprint density at radius 1 is 0.370 bits per heavy atom. The van der Waals surface area contributed by atoms with Crippen LogP contribution in [0.15, 0.2) is 176 Å². The first-order valence-corrected chi connectivity index (χ1v) is 15.6. The summed E-state index contributed by atoms with van der Waals surface area (Å²) >= 11 is 0. The first-order valence-electron chi connectivity index (χ1n) is 15.6. The summed E-state index contributed by atoms with van der Waals surface area (Å²) in [5.74, 6) is 0. The number of hydrogen-bond donors (Lipinski definition) is 0. The molecule has 46 heavy (non-hydrogen) atoms. The first kappa shape index (κ1) is 26.2. The fourth-order valence-electron chi connectivity index (χ4n) is 6.78. The molecule has 0 amide bonds. The van der Waals surface area contributed by atoms with Crippen LogP contribution in [0, 0.1) is 0 Å². The highest BCUT2D eigenvalue weighted by Crippen LogP contribution is 2.40. The average molecular weight is 588 g/mol. The van der Waals surface area contributed by atoms with Crippen LogP contribution in [-0.2, 0) is 0 Å². The molecular formula is C43H29N3. The van der Waals surface area contributed by atoms with Crippen LogP contribution in [-0.4, -0.2) is 14.1 Å². The van der Waals surface area contributed by atoms with Crippen LogP contribution in [0.5, 0.6) is 0 Å². The van der Waals surface area contributed by atoms with Gasteiger partial charge in [0.1, 0.15) is 0 Å². The third-order valence-corrected chi connectivity index (χ3v) is 8.94. The van der Waals surface area contributed by atoms with E-state index in [1.165, 1.54) is 38.3 Å². The number of para-hydroxylation sites is 2. The molecule has 0 bridgehead atoms. The second-order valence-corrected chi connectivity index (χ2v) is 11.7. The molecule has 0 unspecified atom stereocenters. The summed E-state index contributed by atoms with van der Waals surface area (Å²) in [4.78, 5) is 5.23. The number of benzene rings is 6. The molecule has 3 heterocycles. The second kappa shape index (κ2) is 10.8. The molecule has 3 heteroatoms. The van der Waals surface area contributed by atoms with Gasteiger partial charge in [0.25, 0.3) is 0 Å². The van der Waals surface area contributed by atoms with E-state index in [1.54, 1.807) is 0 Å². The summed E-state index contributed by atoms with van der Waals surface area (Å²) in [6.07, 6.45) is 2.18. The third-order valence-electron chi connectivity index (χ3n) is 8.94. The third kappa shape index (κ3) is 4.33. The molecule has 0 saturated heterocycles. The summed E-state index contributed by atoms with van der Waals surface area (Å²) in [6, 6.07) is 60.3. The lowest BCUT2D eigenvalue weighted by Crippen LogP contribution is -1.95. The van der Waals surface area contributed by atoms with Gasteiger partial charge in [0.2, 0.25) is 0 Å². The van der Waals surface area contributed by atoms with E-state index < -0.39 is 0 Å². The number of nitrogens with zero attached hydrogens (tertiary/aromatic N) is 3. The van der Waals surface area contributed by atoms with E-state index in [2.05, 4.69) is 179 Å². The molecule has 0 fully saturated rings. The monoisotopic (exact) mass is 587 g/mol. The Hall–Kier alpha value is -6.19.